The predicted molar refractivity (Wildman–Crippen MR) is 173 cm³/mol. The third kappa shape index (κ3) is 3.31. The van der Waals surface area contributed by atoms with Gasteiger partial charge in [0.25, 0.3) is 0 Å². The molecule has 9 heterocycles. The van der Waals surface area contributed by atoms with Gasteiger partial charge in [0.2, 0.25) is 0 Å². The molecule has 0 aliphatic rings. The number of pyridine rings is 6. The van der Waals surface area contributed by atoms with E-state index in [9.17, 15) is 0 Å². The zero-order valence-electron chi connectivity index (χ0n) is 23.4. The molecule has 0 saturated heterocycles. The largest absolute Gasteiger partial charge is 0.452 e. The molecule has 0 bridgehead atoms. The second-order valence-electron chi connectivity index (χ2n) is 10.9. The highest BCUT2D eigenvalue weighted by Crippen LogP contribution is 2.44. The van der Waals surface area contributed by atoms with Crippen LogP contribution in [0.2, 0.25) is 0 Å². The Morgan fingerprint density at radius 3 is 1.49 bits per heavy atom. The van der Waals surface area contributed by atoms with Gasteiger partial charge in [-0.3, -0.25) is 29.9 Å². The first kappa shape index (κ1) is 24.0. The van der Waals surface area contributed by atoms with E-state index in [1.165, 1.54) is 0 Å². The summed E-state index contributed by atoms with van der Waals surface area (Å²) in [6.07, 6.45) is 18.1. The minimum atomic E-state index is 0.681. The van der Waals surface area contributed by atoms with Crippen LogP contribution in [0.15, 0.2) is 125 Å². The molecule has 0 fully saturated rings. The first-order valence-electron chi connectivity index (χ1n) is 14.4. The zero-order chi connectivity index (χ0) is 29.5. The lowest BCUT2D eigenvalue weighted by Gasteiger charge is -2.13. The highest BCUT2D eigenvalue weighted by atomic mass is 16.3. The molecule has 0 spiro atoms. The summed E-state index contributed by atoms with van der Waals surface area (Å²) in [4.78, 5) is 27.7. The van der Waals surface area contributed by atoms with Gasteiger partial charge in [0.15, 0.2) is 22.3 Å². The third-order valence-electron chi connectivity index (χ3n) is 8.48. The molecule has 0 radical (unpaired) electrons. The topological polar surface area (TPSA) is 109 Å². The van der Waals surface area contributed by atoms with Crippen molar-refractivity contribution >= 4 is 65.7 Å². The van der Waals surface area contributed by atoms with Gasteiger partial charge in [-0.05, 0) is 36.4 Å². The molecule has 210 valence electrons. The van der Waals surface area contributed by atoms with E-state index in [2.05, 4.69) is 26.7 Å². The molecule has 0 N–H and O–H groups in total. The van der Waals surface area contributed by atoms with Crippen LogP contribution in [-0.2, 0) is 0 Å². The lowest BCUT2D eigenvalue weighted by molar-refractivity contribution is 0.666. The summed E-state index contributed by atoms with van der Waals surface area (Å²) in [7, 11) is 0. The maximum absolute atomic E-state index is 6.37. The summed E-state index contributed by atoms with van der Waals surface area (Å²) in [5.41, 5.74) is 8.66. The van der Waals surface area contributed by atoms with Gasteiger partial charge in [0, 0.05) is 98.7 Å². The van der Waals surface area contributed by atoms with Crippen molar-refractivity contribution in [1.82, 2.24) is 34.5 Å². The number of para-hydroxylation sites is 1. The van der Waals surface area contributed by atoms with E-state index >= 15 is 0 Å². The average molecular weight is 582 g/mol. The number of hydrogen-bond donors (Lipinski definition) is 0. The van der Waals surface area contributed by atoms with Crippen LogP contribution in [-0.4, -0.2) is 34.5 Å². The Labute approximate surface area is 253 Å². The van der Waals surface area contributed by atoms with Crippen LogP contribution in [0.4, 0.5) is 0 Å². The van der Waals surface area contributed by atoms with Crippen LogP contribution in [0, 0.1) is 0 Å². The van der Waals surface area contributed by atoms with Crippen LogP contribution in [0.1, 0.15) is 0 Å². The molecule has 0 saturated carbocycles. The lowest BCUT2D eigenvalue weighted by atomic mass is 10.1. The summed E-state index contributed by atoms with van der Waals surface area (Å²) in [5, 5.41) is 5.76. The molecule has 0 aliphatic heterocycles. The van der Waals surface area contributed by atoms with Crippen molar-refractivity contribution < 1.29 is 8.83 Å². The Hall–Kier alpha value is -6.48. The van der Waals surface area contributed by atoms with E-state index < -0.39 is 0 Å². The Morgan fingerprint density at radius 1 is 0.444 bits per heavy atom. The SMILES string of the molecule is c1ccc(-n2c3c(-c4nccc5c4oc4cnccc45)cncc3c3cncc(-c4nccc5c4oc4cnccc45)c32)cc1. The van der Waals surface area contributed by atoms with Crippen LogP contribution in [0.5, 0.6) is 0 Å². The fraction of sp³-hybridized carbons (Fsp3) is 0. The Kier molecular flexibility index (Phi) is 4.81. The van der Waals surface area contributed by atoms with Gasteiger partial charge in [-0.15, -0.1) is 0 Å². The summed E-state index contributed by atoms with van der Waals surface area (Å²) < 4.78 is 15.0. The van der Waals surface area contributed by atoms with E-state index in [0.29, 0.717) is 33.7 Å². The molecule has 0 atom stereocenters. The Morgan fingerprint density at radius 2 is 0.956 bits per heavy atom. The first-order chi connectivity index (χ1) is 22.3. The quantitative estimate of drug-likeness (QED) is 0.205. The van der Waals surface area contributed by atoms with Crippen LogP contribution in [0.25, 0.3) is 93.9 Å². The minimum absolute atomic E-state index is 0.681. The van der Waals surface area contributed by atoms with Gasteiger partial charge in [-0.25, -0.2) is 0 Å². The smallest absolute Gasteiger partial charge is 0.161 e. The lowest BCUT2D eigenvalue weighted by Crippen LogP contribution is -1.98. The van der Waals surface area contributed by atoms with Crippen LogP contribution < -0.4 is 0 Å². The molecule has 45 heavy (non-hydrogen) atoms. The number of rotatable bonds is 3. The minimum Gasteiger partial charge on any atom is -0.452 e. The van der Waals surface area contributed by atoms with Crippen molar-refractivity contribution in [1.29, 1.82) is 0 Å². The molecule has 1 aromatic carbocycles. The van der Waals surface area contributed by atoms with Gasteiger partial charge in [-0.1, -0.05) is 18.2 Å². The summed E-state index contributed by atoms with van der Waals surface area (Å²) in [6.45, 7) is 0. The summed E-state index contributed by atoms with van der Waals surface area (Å²) in [5.74, 6) is 0. The maximum Gasteiger partial charge on any atom is 0.161 e. The molecule has 10 rings (SSSR count). The Bertz CT molecular complexity index is 2610. The van der Waals surface area contributed by atoms with Crippen LogP contribution >= 0.6 is 0 Å². The van der Waals surface area contributed by atoms with Gasteiger partial charge >= 0.3 is 0 Å². The van der Waals surface area contributed by atoms with Gasteiger partial charge in [0.05, 0.1) is 23.4 Å². The molecule has 9 aromatic heterocycles. The molecule has 0 aliphatic carbocycles. The number of furan rings is 2. The number of nitrogens with zero attached hydrogens (tertiary/aromatic N) is 7. The van der Waals surface area contributed by atoms with E-state index in [1.54, 1.807) is 24.8 Å². The molecule has 9 nitrogen and oxygen atoms in total. The second-order valence-corrected chi connectivity index (χ2v) is 10.9. The normalized spacial score (nSPS) is 12.0. The fourth-order valence-corrected chi connectivity index (χ4v) is 6.58. The fourth-order valence-electron chi connectivity index (χ4n) is 6.58. The standard InChI is InChI=1S/C36H19N7O2/c1-2-4-20(5-3-1)43-33-25(14-39-16-27(33)31-35-23(8-12-41-31)21-6-10-37-18-29(21)44-35)26-15-40-17-28(34(26)43)32-36-24(9-13-42-32)22-7-11-38-19-30(22)45-36/h1-19H. The van der Waals surface area contributed by atoms with Crippen molar-refractivity contribution in [2.75, 3.05) is 0 Å². The van der Waals surface area contributed by atoms with Gasteiger partial charge in [0.1, 0.15) is 11.4 Å². The van der Waals surface area contributed by atoms with E-state index in [4.69, 9.17) is 28.8 Å². The Balaban J connectivity index is 1.37. The zero-order valence-corrected chi connectivity index (χ0v) is 23.4. The number of aromatic nitrogens is 7. The predicted octanol–water partition coefficient (Wildman–Crippen LogP) is 8.29. The maximum atomic E-state index is 6.37. The number of benzene rings is 1. The highest BCUT2D eigenvalue weighted by molar-refractivity contribution is 6.19. The third-order valence-corrected chi connectivity index (χ3v) is 8.48. The van der Waals surface area contributed by atoms with Crippen molar-refractivity contribution in [3.05, 3.63) is 117 Å². The van der Waals surface area contributed by atoms with E-state index in [0.717, 1.165) is 60.2 Å². The first-order valence-corrected chi connectivity index (χ1v) is 14.4. The molecule has 10 aromatic rings. The molecule has 0 unspecified atom stereocenters. The van der Waals surface area contributed by atoms with E-state index in [-0.39, 0.29) is 0 Å². The molecule has 9 heteroatoms. The molecular weight excluding hydrogens is 562 g/mol. The van der Waals surface area contributed by atoms with Crippen molar-refractivity contribution in [2.24, 2.45) is 0 Å². The number of hydrogen-bond acceptors (Lipinski definition) is 8. The molecule has 0 amide bonds. The van der Waals surface area contributed by atoms with Gasteiger partial charge < -0.3 is 13.4 Å². The monoisotopic (exact) mass is 581 g/mol. The van der Waals surface area contributed by atoms with Gasteiger partial charge in [-0.2, -0.15) is 0 Å². The van der Waals surface area contributed by atoms with Crippen molar-refractivity contribution in [3.63, 3.8) is 0 Å². The van der Waals surface area contributed by atoms with E-state index in [1.807, 2.05) is 79.6 Å². The molecular formula is C36H19N7O2. The summed E-state index contributed by atoms with van der Waals surface area (Å²) >= 11 is 0. The summed E-state index contributed by atoms with van der Waals surface area (Å²) in [6, 6.07) is 18.1. The van der Waals surface area contributed by atoms with Crippen molar-refractivity contribution in [2.45, 2.75) is 0 Å². The second kappa shape index (κ2) is 9.01. The van der Waals surface area contributed by atoms with Crippen molar-refractivity contribution in [3.8, 4) is 28.2 Å². The average Bonchev–Trinajstić information content (AvgIpc) is 3.78. The highest BCUT2D eigenvalue weighted by Gasteiger charge is 2.25. The van der Waals surface area contributed by atoms with Crippen LogP contribution in [0.3, 0.4) is 0 Å². The number of fused-ring (bicyclic) bond motifs is 9.